The van der Waals surface area contributed by atoms with Crippen molar-refractivity contribution in [3.05, 3.63) is 0 Å². The molecule has 0 aliphatic carbocycles. The fraction of sp³-hybridized carbons (Fsp3) is 0.800. The Labute approximate surface area is 68.5 Å². The third-order valence-corrected chi connectivity index (χ3v) is 2.08. The van der Waals surface area contributed by atoms with Crippen LogP contribution in [-0.4, -0.2) is 34.9 Å². The van der Waals surface area contributed by atoms with Crippen LogP contribution in [0.25, 0.3) is 0 Å². The second-order valence-electron chi connectivity index (χ2n) is 2.03. The predicted octanol–water partition coefficient (Wildman–Crippen LogP) is 0.261. The van der Waals surface area contributed by atoms with Gasteiger partial charge in [-0.1, -0.05) is 0 Å². The lowest BCUT2D eigenvalue weighted by atomic mass is 10.4. The highest BCUT2D eigenvalue weighted by atomic mass is 127. The molecule has 2 N–H and O–H groups in total. The first-order valence-electron chi connectivity index (χ1n) is 3.00. The topological polar surface area (TPSA) is 39.1 Å². The Morgan fingerprint density at radius 1 is 1.44 bits per heavy atom. The molecule has 0 aromatic rings. The minimum Gasteiger partial charge on any atom is -0.350 e. The summed E-state index contributed by atoms with van der Waals surface area (Å²) in [5, 5.41) is 10.5. The van der Waals surface area contributed by atoms with Gasteiger partial charge < -0.3 is 10.2 Å². The van der Waals surface area contributed by atoms with E-state index in [1.165, 1.54) is 0 Å². The highest BCUT2D eigenvalue weighted by Gasteiger charge is 2.09. The molecule has 9 heavy (non-hydrogen) atoms. The average molecular weight is 239 g/mol. The maximum Gasteiger partial charge on any atom is 0.159 e. The number of hydrogen-bond donors (Lipinski definition) is 2. The minimum absolute atomic E-state index is 0.661. The monoisotopic (exact) mass is 239 g/mol. The maximum atomic E-state index is 7.27. The van der Waals surface area contributed by atoms with E-state index in [1.807, 2.05) is 22.6 Å². The number of nitrogens with zero attached hydrogens (tertiary/aromatic N) is 1. The lowest BCUT2D eigenvalue weighted by Crippen LogP contribution is -2.44. The molecule has 1 rings (SSSR count). The van der Waals surface area contributed by atoms with Gasteiger partial charge in [0.2, 0.25) is 0 Å². The highest BCUT2D eigenvalue weighted by Crippen LogP contribution is 1.98. The zero-order valence-electron chi connectivity index (χ0n) is 5.15. The summed E-state index contributed by atoms with van der Waals surface area (Å²) in [6.45, 7) is 4.01. The van der Waals surface area contributed by atoms with Crippen LogP contribution in [0, 0.1) is 5.41 Å². The van der Waals surface area contributed by atoms with Crippen molar-refractivity contribution in [3.8, 4) is 0 Å². The second kappa shape index (κ2) is 3.36. The molecule has 1 fully saturated rings. The molecule has 0 bridgehead atoms. The number of hydrogen-bond acceptors (Lipinski definition) is 2. The Morgan fingerprint density at radius 2 is 2.00 bits per heavy atom. The summed E-state index contributed by atoms with van der Waals surface area (Å²) in [7, 11) is 0. The zero-order chi connectivity index (χ0) is 6.69. The van der Waals surface area contributed by atoms with Gasteiger partial charge in [-0.2, -0.15) is 0 Å². The van der Waals surface area contributed by atoms with Gasteiger partial charge >= 0.3 is 0 Å². The molecule has 0 aromatic heterocycles. The molecule has 4 heteroatoms. The summed E-state index contributed by atoms with van der Waals surface area (Å²) in [5.41, 5.74) is 0. The van der Waals surface area contributed by atoms with E-state index in [1.54, 1.807) is 0 Å². The molecule has 0 unspecified atom stereocenters. The van der Waals surface area contributed by atoms with Crippen molar-refractivity contribution in [2.75, 3.05) is 26.2 Å². The van der Waals surface area contributed by atoms with Crippen molar-refractivity contribution >= 4 is 26.4 Å². The van der Waals surface area contributed by atoms with Crippen LogP contribution < -0.4 is 5.32 Å². The molecular weight excluding hydrogens is 229 g/mol. The molecule has 1 saturated heterocycles. The van der Waals surface area contributed by atoms with E-state index in [2.05, 4.69) is 10.2 Å². The molecule has 0 amide bonds. The summed E-state index contributed by atoms with van der Waals surface area (Å²) < 4.78 is 0.661. The number of piperazine rings is 1. The molecule has 0 aromatic carbocycles. The fourth-order valence-corrected chi connectivity index (χ4v) is 1.34. The van der Waals surface area contributed by atoms with Crippen LogP contribution in [0.3, 0.4) is 0 Å². The summed E-state index contributed by atoms with van der Waals surface area (Å²) in [6, 6.07) is 0. The lowest BCUT2D eigenvalue weighted by Gasteiger charge is -2.26. The Morgan fingerprint density at radius 3 is 2.33 bits per heavy atom. The molecule has 0 saturated carbocycles. The van der Waals surface area contributed by atoms with E-state index in [0.29, 0.717) is 3.84 Å². The van der Waals surface area contributed by atoms with Crippen molar-refractivity contribution in [3.63, 3.8) is 0 Å². The molecule has 3 nitrogen and oxygen atoms in total. The van der Waals surface area contributed by atoms with E-state index in [-0.39, 0.29) is 0 Å². The largest absolute Gasteiger partial charge is 0.350 e. The minimum atomic E-state index is 0.661. The van der Waals surface area contributed by atoms with Gasteiger partial charge in [-0.15, -0.1) is 0 Å². The number of halogens is 1. The van der Waals surface area contributed by atoms with Crippen molar-refractivity contribution in [2.24, 2.45) is 0 Å². The third kappa shape index (κ3) is 2.09. The number of nitrogens with one attached hydrogen (secondary N) is 2. The van der Waals surface area contributed by atoms with Crippen LogP contribution >= 0.6 is 22.6 Å². The summed E-state index contributed by atoms with van der Waals surface area (Å²) in [5.74, 6) is 0. The van der Waals surface area contributed by atoms with E-state index in [9.17, 15) is 0 Å². The van der Waals surface area contributed by atoms with E-state index in [4.69, 9.17) is 5.41 Å². The van der Waals surface area contributed by atoms with E-state index < -0.39 is 0 Å². The first kappa shape index (κ1) is 7.27. The van der Waals surface area contributed by atoms with Crippen LogP contribution in [0.5, 0.6) is 0 Å². The Hall–Kier alpha value is 0.160. The van der Waals surface area contributed by atoms with Crippen molar-refractivity contribution in [2.45, 2.75) is 0 Å². The van der Waals surface area contributed by atoms with Crippen molar-refractivity contribution < 1.29 is 0 Å². The van der Waals surface area contributed by atoms with Gasteiger partial charge in [0.25, 0.3) is 0 Å². The molecule has 0 radical (unpaired) electrons. The zero-order valence-corrected chi connectivity index (χ0v) is 7.31. The summed E-state index contributed by atoms with van der Waals surface area (Å²) in [6.07, 6.45) is 0. The van der Waals surface area contributed by atoms with Crippen LogP contribution in [-0.2, 0) is 0 Å². The lowest BCUT2D eigenvalue weighted by molar-refractivity contribution is 0.363. The van der Waals surface area contributed by atoms with Gasteiger partial charge in [0, 0.05) is 26.2 Å². The normalized spacial score (nSPS) is 19.9. The van der Waals surface area contributed by atoms with Gasteiger partial charge in [0.05, 0.1) is 0 Å². The van der Waals surface area contributed by atoms with Crippen LogP contribution in [0.1, 0.15) is 0 Å². The van der Waals surface area contributed by atoms with Gasteiger partial charge in [0.15, 0.2) is 3.84 Å². The van der Waals surface area contributed by atoms with Crippen molar-refractivity contribution in [1.82, 2.24) is 10.2 Å². The standard InChI is InChI=1S/C5H10IN3/c6-5(7)9-3-1-8-2-4-9/h7-8H,1-4H2. The van der Waals surface area contributed by atoms with Crippen LogP contribution in [0.15, 0.2) is 0 Å². The molecule has 52 valence electrons. The summed E-state index contributed by atoms with van der Waals surface area (Å²) in [4.78, 5) is 2.07. The number of rotatable bonds is 0. The third-order valence-electron chi connectivity index (χ3n) is 1.39. The highest BCUT2D eigenvalue weighted by molar-refractivity contribution is 14.1. The Balaban J connectivity index is 2.31. The first-order valence-corrected chi connectivity index (χ1v) is 4.08. The molecule has 0 atom stereocenters. The van der Waals surface area contributed by atoms with E-state index >= 15 is 0 Å². The second-order valence-corrected chi connectivity index (χ2v) is 3.05. The van der Waals surface area contributed by atoms with Crippen molar-refractivity contribution in [1.29, 1.82) is 5.41 Å². The quantitative estimate of drug-likeness (QED) is 0.275. The fourth-order valence-electron chi connectivity index (χ4n) is 0.861. The van der Waals surface area contributed by atoms with Gasteiger partial charge in [-0.3, -0.25) is 5.41 Å². The Bertz CT molecular complexity index is 109. The molecular formula is C5H10IN3. The first-order chi connectivity index (χ1) is 4.30. The molecule has 1 heterocycles. The van der Waals surface area contributed by atoms with Gasteiger partial charge in [0.1, 0.15) is 0 Å². The van der Waals surface area contributed by atoms with Gasteiger partial charge in [-0.25, -0.2) is 0 Å². The Kier molecular flexibility index (Phi) is 2.71. The smallest absolute Gasteiger partial charge is 0.159 e. The predicted molar refractivity (Wildman–Crippen MR) is 46.2 cm³/mol. The van der Waals surface area contributed by atoms with Crippen LogP contribution in [0.4, 0.5) is 0 Å². The SMILES string of the molecule is N=C(I)N1CCNCC1. The van der Waals surface area contributed by atoms with Crippen LogP contribution in [0.2, 0.25) is 0 Å². The molecule has 1 aliphatic heterocycles. The van der Waals surface area contributed by atoms with E-state index in [0.717, 1.165) is 26.2 Å². The average Bonchev–Trinajstić information content (AvgIpc) is 1.90. The molecule has 1 aliphatic rings. The maximum absolute atomic E-state index is 7.27. The number of amidine groups is 1. The summed E-state index contributed by atoms with van der Waals surface area (Å²) >= 11 is 2.04. The van der Waals surface area contributed by atoms with Gasteiger partial charge in [-0.05, 0) is 22.6 Å². The molecule has 0 spiro atoms.